The molecule has 1 aliphatic rings. The third-order valence-electron chi connectivity index (χ3n) is 5.26. The van der Waals surface area contributed by atoms with Gasteiger partial charge in [0.25, 0.3) is 0 Å². The molecular formula is C20H41N5O. The van der Waals surface area contributed by atoms with Gasteiger partial charge in [-0.2, -0.15) is 0 Å². The van der Waals surface area contributed by atoms with Crippen molar-refractivity contribution < 1.29 is 4.79 Å². The van der Waals surface area contributed by atoms with Crippen LogP contribution >= 0.6 is 0 Å². The summed E-state index contributed by atoms with van der Waals surface area (Å²) in [7, 11) is 5.51. The summed E-state index contributed by atoms with van der Waals surface area (Å²) in [5, 5.41) is 6.81. The average Bonchev–Trinajstić information content (AvgIpc) is 3.10. The first-order valence-electron chi connectivity index (χ1n) is 10.4. The van der Waals surface area contributed by atoms with E-state index < -0.39 is 0 Å². The zero-order valence-corrected chi connectivity index (χ0v) is 17.7. The van der Waals surface area contributed by atoms with Crippen molar-refractivity contribution in [2.75, 3.05) is 53.9 Å². The monoisotopic (exact) mass is 367 g/mol. The Balaban J connectivity index is 2.41. The summed E-state index contributed by atoms with van der Waals surface area (Å²) < 4.78 is 0. The van der Waals surface area contributed by atoms with Crippen molar-refractivity contribution >= 4 is 11.9 Å². The molecule has 26 heavy (non-hydrogen) atoms. The molecule has 0 spiro atoms. The van der Waals surface area contributed by atoms with Crippen molar-refractivity contribution in [1.82, 2.24) is 20.4 Å². The third kappa shape index (κ3) is 7.14. The molecule has 1 amide bonds. The van der Waals surface area contributed by atoms with Gasteiger partial charge in [0.15, 0.2) is 5.96 Å². The highest BCUT2D eigenvalue weighted by molar-refractivity contribution is 5.85. The Morgan fingerprint density at radius 3 is 2.15 bits per heavy atom. The van der Waals surface area contributed by atoms with Crippen LogP contribution < -0.4 is 10.6 Å². The van der Waals surface area contributed by atoms with Crippen molar-refractivity contribution in [2.45, 2.75) is 58.8 Å². The van der Waals surface area contributed by atoms with E-state index in [1.54, 1.807) is 11.9 Å². The van der Waals surface area contributed by atoms with E-state index >= 15 is 0 Å². The molecule has 152 valence electrons. The maximum atomic E-state index is 12.6. The summed E-state index contributed by atoms with van der Waals surface area (Å²) >= 11 is 0. The fourth-order valence-corrected chi connectivity index (χ4v) is 3.94. The van der Waals surface area contributed by atoms with Gasteiger partial charge in [-0.05, 0) is 51.7 Å². The van der Waals surface area contributed by atoms with Crippen LogP contribution in [-0.2, 0) is 4.79 Å². The number of hydrogen-bond acceptors (Lipinski definition) is 3. The van der Waals surface area contributed by atoms with E-state index in [1.807, 2.05) is 14.1 Å². The summed E-state index contributed by atoms with van der Waals surface area (Å²) in [5.41, 5.74) is -0.264. The van der Waals surface area contributed by atoms with Gasteiger partial charge in [-0.25, -0.2) is 0 Å². The first kappa shape index (κ1) is 22.7. The van der Waals surface area contributed by atoms with E-state index in [1.165, 1.54) is 25.9 Å². The summed E-state index contributed by atoms with van der Waals surface area (Å²) in [6.45, 7) is 9.52. The standard InChI is InChI=1S/C20H41N5O/c1-6-14-25(15-7-2)16-10-13-22-19(21-3)23-17-20(11-8-9-12-20)18(26)24(4)5/h6-17H2,1-5H3,(H2,21,22,23). The largest absolute Gasteiger partial charge is 0.356 e. The highest BCUT2D eigenvalue weighted by Crippen LogP contribution is 2.38. The zero-order valence-electron chi connectivity index (χ0n) is 17.7. The molecule has 0 aromatic heterocycles. The number of carbonyl (C=O) groups is 1. The topological polar surface area (TPSA) is 60.0 Å². The number of guanidine groups is 1. The van der Waals surface area contributed by atoms with Gasteiger partial charge in [0.2, 0.25) is 5.91 Å². The lowest BCUT2D eigenvalue weighted by molar-refractivity contribution is -0.138. The van der Waals surface area contributed by atoms with E-state index in [9.17, 15) is 4.79 Å². The van der Waals surface area contributed by atoms with Gasteiger partial charge in [0, 0.05) is 34.2 Å². The van der Waals surface area contributed by atoms with Crippen LogP contribution in [0.2, 0.25) is 0 Å². The van der Waals surface area contributed by atoms with Crippen molar-refractivity contribution in [3.05, 3.63) is 0 Å². The molecule has 1 rings (SSSR count). The number of amides is 1. The molecule has 6 heteroatoms. The van der Waals surface area contributed by atoms with Crippen LogP contribution in [0.5, 0.6) is 0 Å². The van der Waals surface area contributed by atoms with Gasteiger partial charge >= 0.3 is 0 Å². The van der Waals surface area contributed by atoms with Crippen LogP contribution in [0, 0.1) is 5.41 Å². The van der Waals surface area contributed by atoms with Gasteiger partial charge in [-0.15, -0.1) is 0 Å². The molecule has 1 aliphatic carbocycles. The Hall–Kier alpha value is -1.30. The minimum atomic E-state index is -0.264. The molecule has 0 radical (unpaired) electrons. The van der Waals surface area contributed by atoms with Gasteiger partial charge in [-0.3, -0.25) is 9.79 Å². The number of nitrogens with one attached hydrogen (secondary N) is 2. The second-order valence-electron chi connectivity index (χ2n) is 7.73. The molecular weight excluding hydrogens is 326 g/mol. The molecule has 0 aromatic rings. The second kappa shape index (κ2) is 12.2. The number of nitrogens with zero attached hydrogens (tertiary/aromatic N) is 3. The van der Waals surface area contributed by atoms with Crippen molar-refractivity contribution in [3.63, 3.8) is 0 Å². The quantitative estimate of drug-likeness (QED) is 0.334. The summed E-state index contributed by atoms with van der Waals surface area (Å²) in [6, 6.07) is 0. The maximum Gasteiger partial charge on any atom is 0.230 e. The van der Waals surface area contributed by atoms with E-state index in [2.05, 4.69) is 34.4 Å². The average molecular weight is 368 g/mol. The van der Waals surface area contributed by atoms with Gasteiger partial charge in [0.05, 0.1) is 5.41 Å². The van der Waals surface area contributed by atoms with Gasteiger partial charge < -0.3 is 20.4 Å². The van der Waals surface area contributed by atoms with E-state index in [0.29, 0.717) is 6.54 Å². The summed E-state index contributed by atoms with van der Waals surface area (Å²) in [6.07, 6.45) is 7.73. The Labute approximate surface area is 160 Å². The SMILES string of the molecule is CCCN(CCC)CCCNC(=NC)NCC1(C(=O)N(C)C)CCCC1. The Kier molecular flexibility index (Phi) is 10.6. The molecule has 6 nitrogen and oxygen atoms in total. The first-order chi connectivity index (χ1) is 12.5. The van der Waals surface area contributed by atoms with E-state index in [-0.39, 0.29) is 11.3 Å². The second-order valence-corrected chi connectivity index (χ2v) is 7.73. The molecule has 0 unspecified atom stereocenters. The number of carbonyl (C=O) groups excluding carboxylic acids is 1. The lowest BCUT2D eigenvalue weighted by atomic mass is 9.84. The highest BCUT2D eigenvalue weighted by Gasteiger charge is 2.42. The Morgan fingerprint density at radius 1 is 1.04 bits per heavy atom. The van der Waals surface area contributed by atoms with Crippen LogP contribution in [0.4, 0.5) is 0 Å². The fourth-order valence-electron chi connectivity index (χ4n) is 3.94. The number of aliphatic imine (C=N–C) groups is 1. The van der Waals surface area contributed by atoms with Crippen molar-refractivity contribution in [2.24, 2.45) is 10.4 Å². The van der Waals surface area contributed by atoms with Crippen LogP contribution in [0.15, 0.2) is 4.99 Å². The van der Waals surface area contributed by atoms with Crippen LogP contribution in [0.1, 0.15) is 58.8 Å². The molecule has 0 aromatic carbocycles. The Morgan fingerprint density at radius 2 is 1.65 bits per heavy atom. The minimum Gasteiger partial charge on any atom is -0.356 e. The number of rotatable bonds is 11. The molecule has 1 saturated carbocycles. The molecule has 0 heterocycles. The molecule has 0 aliphatic heterocycles. The Bertz CT molecular complexity index is 424. The normalized spacial score (nSPS) is 16.8. The lowest BCUT2D eigenvalue weighted by Gasteiger charge is -2.31. The molecule has 0 bridgehead atoms. The van der Waals surface area contributed by atoms with Crippen molar-refractivity contribution in [3.8, 4) is 0 Å². The predicted molar refractivity (Wildman–Crippen MR) is 111 cm³/mol. The van der Waals surface area contributed by atoms with Crippen LogP contribution in [0.25, 0.3) is 0 Å². The van der Waals surface area contributed by atoms with E-state index in [0.717, 1.165) is 51.2 Å². The highest BCUT2D eigenvalue weighted by atomic mass is 16.2. The zero-order chi connectivity index (χ0) is 19.4. The molecule has 2 N–H and O–H groups in total. The predicted octanol–water partition coefficient (Wildman–Crippen LogP) is 2.31. The third-order valence-corrected chi connectivity index (χ3v) is 5.26. The lowest BCUT2D eigenvalue weighted by Crippen LogP contribution is -2.49. The van der Waals surface area contributed by atoms with Gasteiger partial charge in [-0.1, -0.05) is 26.7 Å². The fraction of sp³-hybridized carbons (Fsp3) is 0.900. The van der Waals surface area contributed by atoms with Gasteiger partial charge in [0.1, 0.15) is 0 Å². The molecule has 0 saturated heterocycles. The first-order valence-corrected chi connectivity index (χ1v) is 10.4. The van der Waals surface area contributed by atoms with Crippen LogP contribution in [-0.4, -0.2) is 75.5 Å². The minimum absolute atomic E-state index is 0.243. The smallest absolute Gasteiger partial charge is 0.230 e. The number of hydrogen-bond donors (Lipinski definition) is 2. The van der Waals surface area contributed by atoms with Crippen LogP contribution in [0.3, 0.4) is 0 Å². The summed E-state index contributed by atoms with van der Waals surface area (Å²) in [5.74, 6) is 1.05. The molecule has 0 atom stereocenters. The maximum absolute atomic E-state index is 12.6. The van der Waals surface area contributed by atoms with Crippen molar-refractivity contribution in [1.29, 1.82) is 0 Å². The molecule has 1 fully saturated rings. The summed E-state index contributed by atoms with van der Waals surface area (Å²) in [4.78, 5) is 21.2. The van der Waals surface area contributed by atoms with E-state index in [4.69, 9.17) is 0 Å².